The summed E-state index contributed by atoms with van der Waals surface area (Å²) in [6, 6.07) is 1.63. The Morgan fingerprint density at radius 2 is 1.56 bits per heavy atom. The zero-order chi connectivity index (χ0) is 6.10. The van der Waals surface area contributed by atoms with E-state index in [0.29, 0.717) is 0 Å². The van der Waals surface area contributed by atoms with Gasteiger partial charge in [0, 0.05) is 12.1 Å². The van der Waals surface area contributed by atoms with Gasteiger partial charge in [-0.15, -0.1) is 0 Å². The second-order valence-corrected chi connectivity index (χ2v) is 3.08. The molecular weight excluding hydrogens is 110 g/mol. The minimum atomic E-state index is 0.814. The van der Waals surface area contributed by atoms with E-state index in [9.17, 15) is 0 Å². The van der Waals surface area contributed by atoms with Gasteiger partial charge in [0.25, 0.3) is 0 Å². The van der Waals surface area contributed by atoms with Crippen LogP contribution in [-0.4, -0.2) is 12.1 Å². The smallest absolute Gasteiger partial charge is 0.0105 e. The van der Waals surface area contributed by atoms with Gasteiger partial charge in [0.15, 0.2) is 0 Å². The maximum absolute atomic E-state index is 3.59. The molecule has 0 aromatic rings. The van der Waals surface area contributed by atoms with Gasteiger partial charge in [-0.2, -0.15) is 0 Å². The predicted octanol–water partition coefficient (Wildman–Crippen LogP) is 1.46. The second kappa shape index (κ2) is 2.14. The molecule has 2 aliphatic heterocycles. The lowest BCUT2D eigenvalue weighted by Gasteiger charge is -2.06. The molecule has 2 bridgehead atoms. The molecule has 0 aromatic carbocycles. The summed E-state index contributed by atoms with van der Waals surface area (Å²) in [7, 11) is 0. The highest BCUT2D eigenvalue weighted by Gasteiger charge is 2.22. The molecule has 2 atom stereocenters. The second-order valence-electron chi connectivity index (χ2n) is 3.08. The molecular formula is C8H13N. The van der Waals surface area contributed by atoms with E-state index in [0.717, 1.165) is 12.1 Å². The zero-order valence-electron chi connectivity index (χ0n) is 5.64. The SMILES string of the molecule is C1=CC[C@@H]2CC[C@@H](C1)N2. The number of hydrogen-bond acceptors (Lipinski definition) is 1. The lowest BCUT2D eigenvalue weighted by atomic mass is 10.1. The molecule has 0 amide bonds. The molecule has 1 heteroatoms. The summed E-state index contributed by atoms with van der Waals surface area (Å²) >= 11 is 0. The van der Waals surface area contributed by atoms with Crippen molar-refractivity contribution in [1.82, 2.24) is 5.32 Å². The van der Waals surface area contributed by atoms with Crippen LogP contribution in [0.3, 0.4) is 0 Å². The molecule has 0 spiro atoms. The van der Waals surface area contributed by atoms with Crippen LogP contribution in [0.2, 0.25) is 0 Å². The molecule has 0 unspecified atom stereocenters. The largest absolute Gasteiger partial charge is 0.311 e. The minimum Gasteiger partial charge on any atom is -0.311 e. The fourth-order valence-corrected chi connectivity index (χ4v) is 1.80. The van der Waals surface area contributed by atoms with Gasteiger partial charge < -0.3 is 5.32 Å². The molecule has 0 aliphatic carbocycles. The van der Waals surface area contributed by atoms with Crippen molar-refractivity contribution in [1.29, 1.82) is 0 Å². The molecule has 0 radical (unpaired) electrons. The molecule has 2 rings (SSSR count). The maximum Gasteiger partial charge on any atom is 0.0105 e. The van der Waals surface area contributed by atoms with Crippen molar-refractivity contribution >= 4 is 0 Å². The van der Waals surface area contributed by atoms with Gasteiger partial charge in [0.2, 0.25) is 0 Å². The van der Waals surface area contributed by atoms with Gasteiger partial charge in [-0.05, 0) is 25.7 Å². The molecule has 1 N–H and O–H groups in total. The van der Waals surface area contributed by atoms with Crippen LogP contribution in [0.15, 0.2) is 12.2 Å². The standard InChI is InChI=1S/C8H13N/c1-2-4-8-6-5-7(3-1)9-8/h1-2,7-9H,3-6H2/t7-,8-/m1/s1. The third-order valence-electron chi connectivity index (χ3n) is 2.34. The first-order valence-electron chi connectivity index (χ1n) is 3.86. The average molecular weight is 123 g/mol. The molecule has 0 saturated carbocycles. The highest BCUT2D eigenvalue weighted by Crippen LogP contribution is 2.20. The van der Waals surface area contributed by atoms with Gasteiger partial charge in [-0.25, -0.2) is 0 Å². The lowest BCUT2D eigenvalue weighted by Crippen LogP contribution is -2.26. The monoisotopic (exact) mass is 123 g/mol. The average Bonchev–Trinajstić information content (AvgIpc) is 2.09. The van der Waals surface area contributed by atoms with E-state index < -0.39 is 0 Å². The van der Waals surface area contributed by atoms with Gasteiger partial charge in [-0.1, -0.05) is 12.2 Å². The lowest BCUT2D eigenvalue weighted by molar-refractivity contribution is 0.558. The van der Waals surface area contributed by atoms with Crippen molar-refractivity contribution in [3.05, 3.63) is 12.2 Å². The van der Waals surface area contributed by atoms with E-state index in [1.165, 1.54) is 25.7 Å². The third-order valence-corrected chi connectivity index (χ3v) is 2.34. The third kappa shape index (κ3) is 1.01. The van der Waals surface area contributed by atoms with Crippen LogP contribution >= 0.6 is 0 Å². The number of hydrogen-bond donors (Lipinski definition) is 1. The van der Waals surface area contributed by atoms with Gasteiger partial charge in [0.05, 0.1) is 0 Å². The van der Waals surface area contributed by atoms with Crippen molar-refractivity contribution in [3.63, 3.8) is 0 Å². The normalized spacial score (nSPS) is 40.9. The topological polar surface area (TPSA) is 12.0 Å². The maximum atomic E-state index is 3.59. The van der Waals surface area contributed by atoms with E-state index in [-0.39, 0.29) is 0 Å². The Kier molecular flexibility index (Phi) is 1.31. The predicted molar refractivity (Wildman–Crippen MR) is 38.3 cm³/mol. The summed E-state index contributed by atoms with van der Waals surface area (Å²) in [5.41, 5.74) is 0. The fraction of sp³-hybridized carbons (Fsp3) is 0.750. The first kappa shape index (κ1) is 5.48. The molecule has 1 fully saturated rings. The summed E-state index contributed by atoms with van der Waals surface area (Å²) in [5.74, 6) is 0. The molecule has 9 heavy (non-hydrogen) atoms. The Balaban J connectivity index is 2.08. The summed E-state index contributed by atoms with van der Waals surface area (Å²) in [4.78, 5) is 0. The molecule has 0 aromatic heterocycles. The molecule has 2 heterocycles. The zero-order valence-corrected chi connectivity index (χ0v) is 5.64. The van der Waals surface area contributed by atoms with Crippen molar-refractivity contribution in [3.8, 4) is 0 Å². The van der Waals surface area contributed by atoms with Crippen molar-refractivity contribution in [2.75, 3.05) is 0 Å². The fourth-order valence-electron chi connectivity index (χ4n) is 1.80. The van der Waals surface area contributed by atoms with Crippen LogP contribution in [-0.2, 0) is 0 Å². The van der Waals surface area contributed by atoms with Crippen molar-refractivity contribution in [2.45, 2.75) is 37.8 Å². The number of rotatable bonds is 0. The summed E-state index contributed by atoms with van der Waals surface area (Å²) in [6.07, 6.45) is 9.95. The van der Waals surface area contributed by atoms with E-state index >= 15 is 0 Å². The Bertz CT molecular complexity index is 115. The quantitative estimate of drug-likeness (QED) is 0.481. The highest BCUT2D eigenvalue weighted by molar-refractivity contribution is 4.99. The van der Waals surface area contributed by atoms with Crippen LogP contribution < -0.4 is 5.32 Å². The van der Waals surface area contributed by atoms with Crippen LogP contribution in [0.4, 0.5) is 0 Å². The summed E-state index contributed by atoms with van der Waals surface area (Å²) < 4.78 is 0. The van der Waals surface area contributed by atoms with Gasteiger partial charge in [0.1, 0.15) is 0 Å². The minimum absolute atomic E-state index is 0.814. The van der Waals surface area contributed by atoms with Crippen LogP contribution in [0.1, 0.15) is 25.7 Å². The van der Waals surface area contributed by atoms with Crippen molar-refractivity contribution < 1.29 is 0 Å². The molecule has 1 nitrogen and oxygen atoms in total. The molecule has 2 aliphatic rings. The van der Waals surface area contributed by atoms with Crippen LogP contribution in [0.5, 0.6) is 0 Å². The van der Waals surface area contributed by atoms with Crippen molar-refractivity contribution in [2.24, 2.45) is 0 Å². The number of nitrogens with one attached hydrogen (secondary N) is 1. The highest BCUT2D eigenvalue weighted by atomic mass is 15.0. The van der Waals surface area contributed by atoms with E-state index in [1.54, 1.807) is 0 Å². The summed E-state index contributed by atoms with van der Waals surface area (Å²) in [6.45, 7) is 0. The Morgan fingerprint density at radius 1 is 1.00 bits per heavy atom. The van der Waals surface area contributed by atoms with Crippen LogP contribution in [0, 0.1) is 0 Å². The van der Waals surface area contributed by atoms with E-state index in [2.05, 4.69) is 17.5 Å². The molecule has 1 saturated heterocycles. The Hall–Kier alpha value is -0.300. The van der Waals surface area contributed by atoms with Gasteiger partial charge in [-0.3, -0.25) is 0 Å². The van der Waals surface area contributed by atoms with Gasteiger partial charge >= 0.3 is 0 Å². The van der Waals surface area contributed by atoms with E-state index in [1.807, 2.05) is 0 Å². The molecule has 50 valence electrons. The van der Waals surface area contributed by atoms with E-state index in [4.69, 9.17) is 0 Å². The Morgan fingerprint density at radius 3 is 2.11 bits per heavy atom. The number of fused-ring (bicyclic) bond motifs is 2. The first-order valence-corrected chi connectivity index (χ1v) is 3.86. The Labute approximate surface area is 56.1 Å². The first-order chi connectivity index (χ1) is 4.45. The van der Waals surface area contributed by atoms with Crippen LogP contribution in [0.25, 0.3) is 0 Å². The summed E-state index contributed by atoms with van der Waals surface area (Å²) in [5, 5.41) is 3.59.